The van der Waals surface area contributed by atoms with Crippen LogP contribution in [0.3, 0.4) is 0 Å². The Morgan fingerprint density at radius 2 is 1.86 bits per heavy atom. The summed E-state index contributed by atoms with van der Waals surface area (Å²) in [6.45, 7) is 0. The van der Waals surface area contributed by atoms with Crippen LogP contribution in [0.15, 0.2) is 34.6 Å². The molecule has 10 heteroatoms. The van der Waals surface area contributed by atoms with Crippen LogP contribution in [0.4, 0.5) is 5.69 Å². The Hall–Kier alpha value is -1.90. The lowest BCUT2D eigenvalue weighted by Crippen LogP contribution is -1.94. The highest BCUT2D eigenvalue weighted by Gasteiger charge is 2.19. The predicted octanol–water partition coefficient (Wildman–Crippen LogP) is 3.72. The Kier molecular flexibility index (Phi) is 3.66. The molecular weight excluding hydrogens is 337 g/mol. The summed E-state index contributed by atoms with van der Waals surface area (Å²) in [7, 11) is 0. The molecule has 0 atom stereocenters. The molecule has 0 radical (unpaired) electrons. The summed E-state index contributed by atoms with van der Waals surface area (Å²) in [5.41, 5.74) is 0.626. The molecule has 0 amide bonds. The van der Waals surface area contributed by atoms with Gasteiger partial charge in [-0.2, -0.15) is 0 Å². The number of halogens is 2. The van der Waals surface area contributed by atoms with Gasteiger partial charge in [0.1, 0.15) is 0 Å². The van der Waals surface area contributed by atoms with Gasteiger partial charge in [0.2, 0.25) is 0 Å². The van der Waals surface area contributed by atoms with Crippen LogP contribution in [-0.4, -0.2) is 24.9 Å². The highest BCUT2D eigenvalue weighted by atomic mass is 35.5. The third kappa shape index (κ3) is 2.78. The van der Waals surface area contributed by atoms with E-state index in [-0.39, 0.29) is 16.0 Å². The minimum atomic E-state index is -0.491. The van der Waals surface area contributed by atoms with Crippen LogP contribution >= 0.6 is 35.0 Å². The second-order valence-corrected chi connectivity index (χ2v) is 5.61. The number of rotatable bonds is 3. The van der Waals surface area contributed by atoms with Gasteiger partial charge >= 0.3 is 0 Å². The van der Waals surface area contributed by atoms with Gasteiger partial charge in [-0.3, -0.25) is 10.1 Å². The van der Waals surface area contributed by atoms with E-state index in [0.717, 1.165) is 11.8 Å². The van der Waals surface area contributed by atoms with E-state index in [2.05, 4.69) is 19.9 Å². The minimum absolute atomic E-state index is 0.00454. The zero-order valence-corrected chi connectivity index (χ0v) is 12.4. The molecule has 0 fully saturated rings. The van der Waals surface area contributed by atoms with Gasteiger partial charge in [0.15, 0.2) is 15.5 Å². The molecule has 2 heterocycles. The van der Waals surface area contributed by atoms with Crippen LogP contribution in [0.2, 0.25) is 10.3 Å². The number of H-pyrrole nitrogens is 1. The third-order valence-electron chi connectivity index (χ3n) is 2.54. The van der Waals surface area contributed by atoms with E-state index in [1.54, 1.807) is 12.4 Å². The van der Waals surface area contributed by atoms with E-state index in [9.17, 15) is 10.1 Å². The van der Waals surface area contributed by atoms with Gasteiger partial charge in [-0.25, -0.2) is 15.0 Å². The lowest BCUT2D eigenvalue weighted by Gasteiger charge is -2.04. The predicted molar refractivity (Wildman–Crippen MR) is 78.9 cm³/mol. The van der Waals surface area contributed by atoms with Crippen molar-refractivity contribution in [2.75, 3.05) is 0 Å². The summed E-state index contributed by atoms with van der Waals surface area (Å²) < 4.78 is 0. The second-order valence-electron chi connectivity index (χ2n) is 3.87. The lowest BCUT2D eigenvalue weighted by molar-refractivity contribution is -0.387. The Balaban J connectivity index is 2.18. The molecule has 0 aliphatic heterocycles. The zero-order chi connectivity index (χ0) is 15.0. The molecular formula is C11H5Cl2N5O2S. The van der Waals surface area contributed by atoms with E-state index >= 15 is 0 Å². The fraction of sp³-hybridized carbons (Fsp3) is 0. The Morgan fingerprint density at radius 1 is 1.19 bits per heavy atom. The number of aromatic nitrogens is 4. The average Bonchev–Trinajstić information content (AvgIpc) is 2.92. The number of nitrogens with one attached hydrogen (secondary N) is 1. The molecule has 2 aromatic heterocycles. The summed E-state index contributed by atoms with van der Waals surface area (Å²) in [5.74, 6) is 0. The van der Waals surface area contributed by atoms with E-state index in [0.29, 0.717) is 21.1 Å². The first-order valence-corrected chi connectivity index (χ1v) is 7.10. The number of hydrogen-bond donors (Lipinski definition) is 1. The summed E-state index contributed by atoms with van der Waals surface area (Å²) in [5, 5.41) is 11.8. The SMILES string of the molecule is O=[N+]([O-])c1cc2nc(Cl)c(Cl)nc2cc1Sc1ncc[nH]1. The van der Waals surface area contributed by atoms with Crippen molar-refractivity contribution in [2.24, 2.45) is 0 Å². The lowest BCUT2D eigenvalue weighted by atomic mass is 10.2. The molecule has 0 saturated heterocycles. The Bertz CT molecular complexity index is 840. The van der Waals surface area contributed by atoms with Gasteiger partial charge in [-0.05, 0) is 17.8 Å². The van der Waals surface area contributed by atoms with Gasteiger partial charge in [-0.15, -0.1) is 0 Å². The van der Waals surface area contributed by atoms with Crippen LogP contribution in [-0.2, 0) is 0 Å². The average molecular weight is 342 g/mol. The van der Waals surface area contributed by atoms with Crippen molar-refractivity contribution in [1.82, 2.24) is 19.9 Å². The zero-order valence-electron chi connectivity index (χ0n) is 10.1. The molecule has 7 nitrogen and oxygen atoms in total. The normalized spacial score (nSPS) is 11.0. The van der Waals surface area contributed by atoms with Crippen molar-refractivity contribution in [2.45, 2.75) is 10.1 Å². The van der Waals surface area contributed by atoms with Gasteiger partial charge < -0.3 is 4.98 Å². The highest BCUT2D eigenvalue weighted by molar-refractivity contribution is 7.99. The number of benzene rings is 1. The first-order chi connectivity index (χ1) is 10.0. The summed E-state index contributed by atoms with van der Waals surface area (Å²) in [6.07, 6.45) is 3.19. The summed E-state index contributed by atoms with van der Waals surface area (Å²) in [6, 6.07) is 2.85. The molecule has 0 saturated carbocycles. The van der Waals surface area contributed by atoms with Crippen LogP contribution in [0.5, 0.6) is 0 Å². The number of nitrogens with zero attached hydrogens (tertiary/aromatic N) is 4. The van der Waals surface area contributed by atoms with Crippen molar-refractivity contribution >= 4 is 51.7 Å². The number of aromatic amines is 1. The van der Waals surface area contributed by atoms with E-state index in [1.165, 1.54) is 12.1 Å². The fourth-order valence-electron chi connectivity index (χ4n) is 1.66. The number of nitro groups is 1. The quantitative estimate of drug-likeness (QED) is 0.575. The van der Waals surface area contributed by atoms with Gasteiger partial charge in [0, 0.05) is 18.5 Å². The molecule has 0 aliphatic rings. The van der Waals surface area contributed by atoms with Crippen molar-refractivity contribution in [3.8, 4) is 0 Å². The fourth-order valence-corrected chi connectivity index (χ4v) is 2.79. The van der Waals surface area contributed by atoms with Crippen LogP contribution in [0, 0.1) is 10.1 Å². The van der Waals surface area contributed by atoms with E-state index < -0.39 is 4.92 Å². The smallest absolute Gasteiger partial charge is 0.285 e. The number of imidazole rings is 1. The summed E-state index contributed by atoms with van der Waals surface area (Å²) >= 11 is 12.7. The molecule has 3 rings (SSSR count). The van der Waals surface area contributed by atoms with Crippen LogP contribution in [0.25, 0.3) is 11.0 Å². The topological polar surface area (TPSA) is 97.6 Å². The standard InChI is InChI=1S/C11H5Cl2N5O2S/c12-9-10(13)17-6-4-8(21-11-14-1-2-15-11)7(18(19)20)3-5(6)16-9/h1-4H,(H,14,15). The molecule has 21 heavy (non-hydrogen) atoms. The molecule has 0 unspecified atom stereocenters. The maximum Gasteiger partial charge on any atom is 0.285 e. The molecule has 106 valence electrons. The maximum atomic E-state index is 11.2. The Labute approximate surface area is 131 Å². The Morgan fingerprint density at radius 3 is 2.43 bits per heavy atom. The molecule has 0 spiro atoms. The molecule has 3 aromatic rings. The van der Waals surface area contributed by atoms with Gasteiger partial charge in [0.05, 0.1) is 20.9 Å². The molecule has 0 bridgehead atoms. The van der Waals surface area contributed by atoms with Crippen molar-refractivity contribution < 1.29 is 4.92 Å². The monoisotopic (exact) mass is 341 g/mol. The third-order valence-corrected chi connectivity index (χ3v) is 4.13. The van der Waals surface area contributed by atoms with Gasteiger partial charge in [-0.1, -0.05) is 23.2 Å². The minimum Gasteiger partial charge on any atom is -0.339 e. The number of hydrogen-bond acceptors (Lipinski definition) is 6. The largest absolute Gasteiger partial charge is 0.339 e. The number of nitro benzene ring substituents is 1. The molecule has 1 aromatic carbocycles. The first-order valence-electron chi connectivity index (χ1n) is 5.53. The van der Waals surface area contributed by atoms with Crippen LogP contribution < -0.4 is 0 Å². The van der Waals surface area contributed by atoms with Crippen molar-refractivity contribution in [3.63, 3.8) is 0 Å². The van der Waals surface area contributed by atoms with E-state index in [4.69, 9.17) is 23.2 Å². The van der Waals surface area contributed by atoms with Crippen molar-refractivity contribution in [3.05, 3.63) is 44.9 Å². The highest BCUT2D eigenvalue weighted by Crippen LogP contribution is 2.36. The van der Waals surface area contributed by atoms with Crippen LogP contribution in [0.1, 0.15) is 0 Å². The van der Waals surface area contributed by atoms with Gasteiger partial charge in [0.25, 0.3) is 5.69 Å². The molecule has 0 aliphatic carbocycles. The first kappa shape index (κ1) is 14.1. The maximum absolute atomic E-state index is 11.2. The number of fused-ring (bicyclic) bond motifs is 1. The molecule has 1 N–H and O–H groups in total. The summed E-state index contributed by atoms with van der Waals surface area (Å²) in [4.78, 5) is 26.0. The second kappa shape index (κ2) is 5.47. The van der Waals surface area contributed by atoms with E-state index in [1.807, 2.05) is 0 Å². The van der Waals surface area contributed by atoms with Crippen molar-refractivity contribution in [1.29, 1.82) is 0 Å².